The highest BCUT2D eigenvalue weighted by atomic mass is 32.2. The number of amides is 1. The Morgan fingerprint density at radius 2 is 1.85 bits per heavy atom. The average molecular weight is 465 g/mol. The summed E-state index contributed by atoms with van der Waals surface area (Å²) < 4.78 is 29.8. The highest BCUT2D eigenvalue weighted by Gasteiger charge is 2.28. The van der Waals surface area contributed by atoms with E-state index in [4.69, 9.17) is 9.66 Å². The number of benzene rings is 2. The lowest BCUT2D eigenvalue weighted by Gasteiger charge is -2.24. The van der Waals surface area contributed by atoms with Gasteiger partial charge < -0.3 is 9.42 Å². The van der Waals surface area contributed by atoms with E-state index in [1.54, 1.807) is 28.0 Å². The van der Waals surface area contributed by atoms with Gasteiger partial charge in [0.05, 0.1) is 22.8 Å². The standard InChI is InChI=1S/C22H20N6O4S/c23-33(30,31)18-8-6-17(7-9-18)28-20(12-15-4-2-1-3-5-15)24-21(25-28)22(29)27-11-10-19-16(13-27)14-32-26-19/h1-9,14H,10-13H2,(H2,23,30,31). The molecule has 2 N–H and O–H groups in total. The second kappa shape index (κ2) is 8.26. The lowest BCUT2D eigenvalue weighted by atomic mass is 10.1. The molecule has 0 atom stereocenters. The van der Waals surface area contributed by atoms with E-state index in [1.165, 1.54) is 12.1 Å². The normalized spacial score (nSPS) is 13.7. The minimum atomic E-state index is -3.82. The lowest BCUT2D eigenvalue weighted by Crippen LogP contribution is -2.36. The van der Waals surface area contributed by atoms with E-state index < -0.39 is 10.0 Å². The molecule has 1 aliphatic heterocycles. The predicted octanol–water partition coefficient (Wildman–Crippen LogP) is 1.69. The van der Waals surface area contributed by atoms with Gasteiger partial charge >= 0.3 is 0 Å². The van der Waals surface area contributed by atoms with E-state index in [1.807, 2.05) is 30.3 Å². The Balaban J connectivity index is 1.50. The second-order valence-corrected chi connectivity index (χ2v) is 9.29. The first-order valence-electron chi connectivity index (χ1n) is 10.2. The summed E-state index contributed by atoms with van der Waals surface area (Å²) in [7, 11) is -3.82. The van der Waals surface area contributed by atoms with Crippen LogP contribution in [0.1, 0.15) is 33.3 Å². The Bertz CT molecular complexity index is 1410. The molecule has 0 saturated carbocycles. The maximum absolute atomic E-state index is 13.2. The molecule has 10 nitrogen and oxygen atoms in total. The van der Waals surface area contributed by atoms with Crippen molar-refractivity contribution in [2.24, 2.45) is 5.14 Å². The fraction of sp³-hybridized carbons (Fsp3) is 0.182. The zero-order valence-electron chi connectivity index (χ0n) is 17.5. The monoisotopic (exact) mass is 464 g/mol. The summed E-state index contributed by atoms with van der Waals surface area (Å²) in [4.78, 5) is 19.4. The molecule has 1 amide bonds. The summed E-state index contributed by atoms with van der Waals surface area (Å²) in [6, 6.07) is 15.7. The number of fused-ring (bicyclic) bond motifs is 1. The molecule has 1 aliphatic rings. The molecule has 3 heterocycles. The van der Waals surface area contributed by atoms with Crippen molar-refractivity contribution in [1.82, 2.24) is 24.8 Å². The van der Waals surface area contributed by atoms with Gasteiger partial charge in [-0.15, -0.1) is 5.10 Å². The van der Waals surface area contributed by atoms with Gasteiger partial charge in [0.25, 0.3) is 5.91 Å². The maximum Gasteiger partial charge on any atom is 0.293 e. The summed E-state index contributed by atoms with van der Waals surface area (Å²) in [6.45, 7) is 0.868. The molecule has 168 valence electrons. The van der Waals surface area contributed by atoms with Crippen LogP contribution in [-0.4, -0.2) is 45.7 Å². The van der Waals surface area contributed by atoms with Gasteiger partial charge in [-0.05, 0) is 29.8 Å². The molecule has 0 saturated heterocycles. The van der Waals surface area contributed by atoms with Crippen LogP contribution in [-0.2, 0) is 29.4 Å². The third-order valence-electron chi connectivity index (χ3n) is 5.48. The van der Waals surface area contributed by atoms with Gasteiger partial charge in [-0.25, -0.2) is 23.2 Å². The largest absolute Gasteiger partial charge is 0.364 e. The molecule has 0 radical (unpaired) electrons. The first-order chi connectivity index (χ1) is 15.9. The number of carbonyl (C=O) groups is 1. The molecule has 2 aromatic carbocycles. The second-order valence-electron chi connectivity index (χ2n) is 7.73. The summed E-state index contributed by atoms with van der Waals surface area (Å²) >= 11 is 0. The fourth-order valence-corrected chi connectivity index (χ4v) is 4.28. The number of rotatable bonds is 5. The van der Waals surface area contributed by atoms with Crippen molar-refractivity contribution in [2.75, 3.05) is 6.54 Å². The molecule has 2 aromatic heterocycles. The van der Waals surface area contributed by atoms with Crippen LogP contribution in [0.15, 0.2) is 70.3 Å². The van der Waals surface area contributed by atoms with Crippen molar-refractivity contribution in [3.05, 3.63) is 89.3 Å². The Morgan fingerprint density at radius 1 is 1.09 bits per heavy atom. The number of sulfonamides is 1. The van der Waals surface area contributed by atoms with Crippen LogP contribution in [0, 0.1) is 0 Å². The molecule has 0 fully saturated rings. The minimum absolute atomic E-state index is 0.00915. The molecule has 0 unspecified atom stereocenters. The van der Waals surface area contributed by atoms with Crippen molar-refractivity contribution < 1.29 is 17.7 Å². The zero-order valence-corrected chi connectivity index (χ0v) is 18.3. The van der Waals surface area contributed by atoms with E-state index >= 15 is 0 Å². The number of primary sulfonamides is 1. The van der Waals surface area contributed by atoms with Crippen LogP contribution >= 0.6 is 0 Å². The Hall–Kier alpha value is -3.83. The highest BCUT2D eigenvalue weighted by Crippen LogP contribution is 2.21. The summed E-state index contributed by atoms with van der Waals surface area (Å²) in [5, 5.41) is 13.6. The number of nitrogens with zero attached hydrogens (tertiary/aromatic N) is 5. The van der Waals surface area contributed by atoms with Gasteiger partial charge in [-0.3, -0.25) is 4.79 Å². The van der Waals surface area contributed by atoms with E-state index in [0.29, 0.717) is 37.4 Å². The minimum Gasteiger partial charge on any atom is -0.364 e. The van der Waals surface area contributed by atoms with E-state index in [2.05, 4.69) is 15.2 Å². The van der Waals surface area contributed by atoms with E-state index in [9.17, 15) is 13.2 Å². The molecule has 5 rings (SSSR count). The number of nitrogens with two attached hydrogens (primary N) is 1. The smallest absolute Gasteiger partial charge is 0.293 e. The molecule has 0 bridgehead atoms. The summed E-state index contributed by atoms with van der Waals surface area (Å²) in [6.07, 6.45) is 2.59. The predicted molar refractivity (Wildman–Crippen MR) is 117 cm³/mol. The third kappa shape index (κ3) is 4.28. The van der Waals surface area contributed by atoms with E-state index in [0.717, 1.165) is 16.8 Å². The van der Waals surface area contributed by atoms with Gasteiger partial charge in [0, 0.05) is 24.9 Å². The van der Waals surface area contributed by atoms with Crippen LogP contribution in [0.3, 0.4) is 0 Å². The van der Waals surface area contributed by atoms with Gasteiger partial charge in [0.15, 0.2) is 0 Å². The van der Waals surface area contributed by atoms with Crippen molar-refractivity contribution in [3.63, 3.8) is 0 Å². The van der Waals surface area contributed by atoms with Crippen LogP contribution < -0.4 is 5.14 Å². The van der Waals surface area contributed by atoms with Crippen LogP contribution in [0.4, 0.5) is 0 Å². The average Bonchev–Trinajstić information content (AvgIpc) is 3.45. The lowest BCUT2D eigenvalue weighted by molar-refractivity contribution is 0.0722. The van der Waals surface area contributed by atoms with Gasteiger partial charge in [0.2, 0.25) is 15.8 Å². The van der Waals surface area contributed by atoms with Crippen molar-refractivity contribution in [3.8, 4) is 5.69 Å². The van der Waals surface area contributed by atoms with Crippen molar-refractivity contribution in [2.45, 2.75) is 24.3 Å². The molecule has 0 aliphatic carbocycles. The van der Waals surface area contributed by atoms with Gasteiger partial charge in [-0.1, -0.05) is 35.5 Å². The topological polar surface area (TPSA) is 137 Å². The molecular formula is C22H20N6O4S. The van der Waals surface area contributed by atoms with Crippen LogP contribution in [0.2, 0.25) is 0 Å². The SMILES string of the molecule is NS(=O)(=O)c1ccc(-n2nc(C(=O)N3CCc4nocc4C3)nc2Cc2ccccc2)cc1. The van der Waals surface area contributed by atoms with Gasteiger partial charge in [-0.2, -0.15) is 0 Å². The third-order valence-corrected chi connectivity index (χ3v) is 6.41. The Kier molecular flexibility index (Phi) is 5.27. The maximum atomic E-state index is 13.2. The Labute approximate surface area is 189 Å². The number of carbonyl (C=O) groups excluding carboxylic acids is 1. The first kappa shape index (κ1) is 21.0. The fourth-order valence-electron chi connectivity index (χ4n) is 3.77. The van der Waals surface area contributed by atoms with Crippen molar-refractivity contribution >= 4 is 15.9 Å². The molecule has 33 heavy (non-hydrogen) atoms. The zero-order chi connectivity index (χ0) is 23.0. The number of hydrogen-bond acceptors (Lipinski definition) is 7. The highest BCUT2D eigenvalue weighted by molar-refractivity contribution is 7.89. The molecule has 4 aromatic rings. The number of aromatic nitrogens is 4. The molecule has 11 heteroatoms. The number of hydrogen-bond donors (Lipinski definition) is 1. The van der Waals surface area contributed by atoms with Crippen molar-refractivity contribution in [1.29, 1.82) is 0 Å². The van der Waals surface area contributed by atoms with Gasteiger partial charge in [0.1, 0.15) is 12.1 Å². The van der Waals surface area contributed by atoms with Crippen LogP contribution in [0.5, 0.6) is 0 Å². The van der Waals surface area contributed by atoms with E-state index in [-0.39, 0.29) is 16.6 Å². The Morgan fingerprint density at radius 3 is 2.58 bits per heavy atom. The molecule has 0 spiro atoms. The first-order valence-corrected chi connectivity index (χ1v) is 11.8. The quantitative estimate of drug-likeness (QED) is 0.474. The summed E-state index contributed by atoms with van der Waals surface area (Å²) in [5.74, 6) is 0.322. The molecular weight excluding hydrogens is 444 g/mol. The summed E-state index contributed by atoms with van der Waals surface area (Å²) in [5.41, 5.74) is 3.30. The van der Waals surface area contributed by atoms with Crippen LogP contribution in [0.25, 0.3) is 5.69 Å².